The van der Waals surface area contributed by atoms with Gasteiger partial charge in [0.2, 0.25) is 0 Å². The van der Waals surface area contributed by atoms with Crippen molar-refractivity contribution in [1.82, 2.24) is 14.5 Å². The van der Waals surface area contributed by atoms with Crippen LogP contribution in [0.15, 0.2) is 47.5 Å². The minimum Gasteiger partial charge on any atom is -0.486 e. The lowest BCUT2D eigenvalue weighted by Crippen LogP contribution is -2.51. The van der Waals surface area contributed by atoms with Crippen LogP contribution in [0, 0.1) is 5.82 Å². The fraction of sp³-hybridized carbons (Fsp3) is 0.382. The van der Waals surface area contributed by atoms with Gasteiger partial charge in [-0.05, 0) is 91.7 Å². The van der Waals surface area contributed by atoms with Crippen molar-refractivity contribution in [3.63, 3.8) is 0 Å². The molecule has 1 aromatic carbocycles. The first kappa shape index (κ1) is 28.9. The molecule has 44 heavy (non-hydrogen) atoms. The number of hydrogen-bond acceptors (Lipinski definition) is 7. The number of rotatable bonds is 7. The van der Waals surface area contributed by atoms with Crippen LogP contribution in [0.2, 0.25) is 0 Å². The number of carbonyl (C=O) groups excluding carboxylic acids is 1. The predicted molar refractivity (Wildman–Crippen MR) is 168 cm³/mol. The third-order valence-corrected chi connectivity index (χ3v) is 10.3. The number of hydrogen-bond donors (Lipinski definition) is 1. The number of aryl methyl sites for hydroxylation is 2. The highest BCUT2D eigenvalue weighted by Gasteiger charge is 2.33. The number of ether oxygens (including phenoxy) is 1. The first-order chi connectivity index (χ1) is 21.3. The summed E-state index contributed by atoms with van der Waals surface area (Å²) in [6, 6.07) is 8.15. The molecule has 2 aliphatic heterocycles. The zero-order valence-electron chi connectivity index (χ0n) is 24.9. The van der Waals surface area contributed by atoms with Crippen molar-refractivity contribution < 1.29 is 19.0 Å². The third-order valence-electron chi connectivity index (χ3n) is 9.02. The highest BCUT2D eigenvalue weighted by molar-refractivity contribution is 7.14. The van der Waals surface area contributed by atoms with Crippen LogP contribution in [-0.2, 0) is 39.3 Å². The van der Waals surface area contributed by atoms with Crippen LogP contribution in [0.5, 0.6) is 5.75 Å². The average Bonchev–Trinajstić information content (AvgIpc) is 3.39. The molecule has 1 amide bonds. The molecule has 10 heteroatoms. The molecule has 5 heterocycles. The lowest BCUT2D eigenvalue weighted by atomic mass is 9.91. The van der Waals surface area contributed by atoms with E-state index in [9.17, 15) is 14.7 Å². The number of halogens is 1. The molecule has 0 unspecified atom stereocenters. The molecular weight excluding hydrogens is 579 g/mol. The maximum atomic E-state index is 15.3. The summed E-state index contributed by atoms with van der Waals surface area (Å²) in [5.41, 5.74) is 5.36. The van der Waals surface area contributed by atoms with Crippen LogP contribution in [-0.4, -0.2) is 58.3 Å². The molecule has 3 aliphatic rings. The summed E-state index contributed by atoms with van der Waals surface area (Å²) in [5.74, 6) is 0.0398. The maximum Gasteiger partial charge on any atom is 0.268 e. The zero-order valence-corrected chi connectivity index (χ0v) is 25.8. The van der Waals surface area contributed by atoms with Gasteiger partial charge >= 0.3 is 0 Å². The number of thiophene rings is 1. The quantitative estimate of drug-likeness (QED) is 0.330. The van der Waals surface area contributed by atoms with Crippen molar-refractivity contribution in [3.05, 3.63) is 96.6 Å². The van der Waals surface area contributed by atoms with E-state index in [1.807, 2.05) is 19.2 Å². The van der Waals surface area contributed by atoms with Gasteiger partial charge in [0.1, 0.15) is 17.7 Å². The number of nitrogens with zero attached hydrogens (tertiary/aromatic N) is 4. The first-order valence-corrected chi connectivity index (χ1v) is 16.0. The summed E-state index contributed by atoms with van der Waals surface area (Å²) in [7, 11) is 3.70. The molecule has 1 saturated heterocycles. The third kappa shape index (κ3) is 5.25. The Morgan fingerprint density at radius 1 is 1.07 bits per heavy atom. The summed E-state index contributed by atoms with van der Waals surface area (Å²) in [6.45, 7) is 1.79. The second-order valence-corrected chi connectivity index (χ2v) is 13.2. The van der Waals surface area contributed by atoms with Crippen molar-refractivity contribution in [2.24, 2.45) is 7.05 Å². The van der Waals surface area contributed by atoms with Gasteiger partial charge in [-0.1, -0.05) is 0 Å². The van der Waals surface area contributed by atoms with Gasteiger partial charge < -0.3 is 19.3 Å². The molecule has 1 aliphatic carbocycles. The van der Waals surface area contributed by atoms with Crippen LogP contribution in [0.25, 0.3) is 11.1 Å². The number of aliphatic hydroxyl groups excluding tert-OH is 1. The Kier molecular flexibility index (Phi) is 7.60. The van der Waals surface area contributed by atoms with Gasteiger partial charge in [0, 0.05) is 61.0 Å². The van der Waals surface area contributed by atoms with Crippen molar-refractivity contribution >= 4 is 22.9 Å². The number of benzene rings is 1. The summed E-state index contributed by atoms with van der Waals surface area (Å²) in [4.78, 5) is 37.3. The number of fused-ring (bicyclic) bond motifs is 3. The van der Waals surface area contributed by atoms with E-state index in [2.05, 4.69) is 9.88 Å². The van der Waals surface area contributed by atoms with Gasteiger partial charge in [0.05, 0.1) is 23.4 Å². The van der Waals surface area contributed by atoms with Gasteiger partial charge in [-0.2, -0.15) is 0 Å². The molecule has 4 aromatic rings. The number of carbonyl (C=O) groups is 1. The number of likely N-dealkylation sites (tertiary alicyclic amines) is 1. The van der Waals surface area contributed by atoms with Gasteiger partial charge in [0.25, 0.3) is 11.5 Å². The molecule has 228 valence electrons. The lowest BCUT2D eigenvalue weighted by molar-refractivity contribution is 0.0385. The molecule has 8 nitrogen and oxygen atoms in total. The molecule has 0 spiro atoms. The fourth-order valence-electron chi connectivity index (χ4n) is 6.78. The van der Waals surface area contributed by atoms with Gasteiger partial charge in [-0.15, -0.1) is 11.3 Å². The average molecular weight is 615 g/mol. The van der Waals surface area contributed by atoms with Crippen LogP contribution in [0.3, 0.4) is 0 Å². The Morgan fingerprint density at radius 3 is 2.64 bits per heavy atom. The van der Waals surface area contributed by atoms with Crippen molar-refractivity contribution in [2.75, 3.05) is 31.6 Å². The SMILES string of the molecule is CN1CC(Oc2ccc(Cc3cc(-c4cc(F)cc(N5CCc6c(sc7c6CCCC7)C5=O)c4CO)cn(C)c3=O)nc2)C1. The Hall–Kier alpha value is -3.86. The van der Waals surface area contributed by atoms with E-state index in [1.54, 1.807) is 41.7 Å². The molecule has 3 aromatic heterocycles. The number of pyridine rings is 2. The zero-order chi connectivity index (χ0) is 30.5. The molecular formula is C34H35FN4O4S. The molecule has 1 fully saturated rings. The number of anilines is 1. The number of amides is 1. The molecule has 0 atom stereocenters. The molecule has 1 N–H and O–H groups in total. The smallest absolute Gasteiger partial charge is 0.268 e. The summed E-state index contributed by atoms with van der Waals surface area (Å²) >= 11 is 1.58. The highest BCUT2D eigenvalue weighted by atomic mass is 32.1. The van der Waals surface area contributed by atoms with E-state index in [-0.39, 0.29) is 30.6 Å². The first-order valence-electron chi connectivity index (χ1n) is 15.2. The van der Waals surface area contributed by atoms with Gasteiger partial charge in [-0.25, -0.2) is 4.39 Å². The second kappa shape index (κ2) is 11.6. The van der Waals surface area contributed by atoms with Gasteiger partial charge in [0.15, 0.2) is 0 Å². The summed E-state index contributed by atoms with van der Waals surface area (Å²) < 4.78 is 22.7. The van der Waals surface area contributed by atoms with E-state index < -0.39 is 5.82 Å². The minimum atomic E-state index is -0.512. The predicted octanol–water partition coefficient (Wildman–Crippen LogP) is 4.51. The van der Waals surface area contributed by atoms with E-state index >= 15 is 4.39 Å². The van der Waals surface area contributed by atoms with Crippen LogP contribution < -0.4 is 15.2 Å². The van der Waals surface area contributed by atoms with Gasteiger partial charge in [-0.3, -0.25) is 19.5 Å². The largest absolute Gasteiger partial charge is 0.486 e. The van der Waals surface area contributed by atoms with Crippen molar-refractivity contribution in [1.29, 1.82) is 0 Å². The fourth-order valence-corrected chi connectivity index (χ4v) is 8.16. The Morgan fingerprint density at radius 2 is 1.89 bits per heavy atom. The van der Waals surface area contributed by atoms with Crippen molar-refractivity contribution in [2.45, 2.75) is 51.2 Å². The van der Waals surface area contributed by atoms with Crippen LogP contribution in [0.4, 0.5) is 10.1 Å². The molecule has 0 bridgehead atoms. The van der Waals surface area contributed by atoms with E-state index in [0.717, 1.165) is 49.2 Å². The Bertz CT molecular complexity index is 1810. The van der Waals surface area contributed by atoms with Crippen LogP contribution in [0.1, 0.15) is 55.3 Å². The van der Waals surface area contributed by atoms with Crippen LogP contribution >= 0.6 is 11.3 Å². The number of likely N-dealkylation sites (N-methyl/N-ethyl adjacent to an activating group) is 1. The minimum absolute atomic E-state index is 0.138. The number of aliphatic hydroxyl groups is 1. The van der Waals surface area contributed by atoms with E-state index in [4.69, 9.17) is 4.74 Å². The summed E-state index contributed by atoms with van der Waals surface area (Å²) in [6.07, 6.45) is 8.78. The normalized spacial score (nSPS) is 16.9. The standard InChI is InChI=1S/C34H35FN4O4S/c1-37-17-25(18-37)43-24-8-7-23(36-15-24)12-20-11-21(16-38(2)33(20)41)28-13-22(35)14-30(29(28)19-40)39-10-9-27-26-5-3-4-6-31(26)44-32(27)34(39)42/h7-8,11,13-16,25,40H,3-6,9-10,12,17-19H2,1-2H3. The van der Waals surface area contributed by atoms with E-state index in [1.165, 1.54) is 27.1 Å². The number of aromatic nitrogens is 2. The Balaban J connectivity index is 1.20. The molecule has 0 radical (unpaired) electrons. The topological polar surface area (TPSA) is 87.9 Å². The van der Waals surface area contributed by atoms with E-state index in [0.29, 0.717) is 52.4 Å². The van der Waals surface area contributed by atoms with Crippen molar-refractivity contribution in [3.8, 4) is 16.9 Å². The molecule has 7 rings (SSSR count). The molecule has 0 saturated carbocycles. The Labute approximate surface area is 259 Å². The maximum absolute atomic E-state index is 15.3. The highest BCUT2D eigenvalue weighted by Crippen LogP contribution is 2.41. The monoisotopic (exact) mass is 614 g/mol. The lowest BCUT2D eigenvalue weighted by Gasteiger charge is -2.35. The summed E-state index contributed by atoms with van der Waals surface area (Å²) in [5, 5.41) is 10.6. The second-order valence-electron chi connectivity index (χ2n) is 12.1.